The third-order valence-electron chi connectivity index (χ3n) is 3.23. The number of carbonyl (C=O) groups excluding carboxylic acids is 2. The highest BCUT2D eigenvalue weighted by molar-refractivity contribution is 5.98. The summed E-state index contributed by atoms with van der Waals surface area (Å²) in [5, 5.41) is 12.0. The van der Waals surface area contributed by atoms with E-state index in [1.54, 1.807) is 49.9 Å². The molecule has 0 unspecified atom stereocenters. The van der Waals surface area contributed by atoms with Gasteiger partial charge in [0.25, 0.3) is 5.91 Å². The molecule has 1 N–H and O–H groups in total. The third kappa shape index (κ3) is 3.84. The molecule has 1 amide bonds. The molecular formula is C17H19N3O4. The molecule has 0 aliphatic heterocycles. The number of nitrogens with zero attached hydrogens (tertiary/aromatic N) is 2. The lowest BCUT2D eigenvalue weighted by atomic mass is 10.1. The fraction of sp³-hybridized carbons (Fsp3) is 0.353. The summed E-state index contributed by atoms with van der Waals surface area (Å²) in [7, 11) is 0. The zero-order valence-corrected chi connectivity index (χ0v) is 13.8. The number of hydrogen-bond acceptors (Lipinski definition) is 5. The Balaban J connectivity index is 2.10. The summed E-state index contributed by atoms with van der Waals surface area (Å²) in [6.45, 7) is 5.26. The van der Waals surface area contributed by atoms with Crippen molar-refractivity contribution in [2.75, 3.05) is 6.54 Å². The number of furan rings is 1. The van der Waals surface area contributed by atoms with E-state index >= 15 is 0 Å². The maximum absolute atomic E-state index is 12.3. The molecule has 0 saturated heterocycles. The Morgan fingerprint density at radius 2 is 2.04 bits per heavy atom. The van der Waals surface area contributed by atoms with Crippen LogP contribution in [0, 0.1) is 18.3 Å². The number of rotatable bonds is 6. The summed E-state index contributed by atoms with van der Waals surface area (Å²) < 4.78 is 12.2. The normalized spacial score (nSPS) is 10.5. The van der Waals surface area contributed by atoms with Gasteiger partial charge in [0.1, 0.15) is 23.0 Å². The number of carbonyl (C=O) groups is 2. The van der Waals surface area contributed by atoms with Gasteiger partial charge in [0.2, 0.25) is 5.88 Å². The number of aromatic nitrogens is 1. The summed E-state index contributed by atoms with van der Waals surface area (Å²) in [4.78, 5) is 23.8. The van der Waals surface area contributed by atoms with Crippen LogP contribution in [0.2, 0.25) is 0 Å². The molecular weight excluding hydrogens is 310 g/mol. The van der Waals surface area contributed by atoms with Crippen LogP contribution >= 0.6 is 0 Å². The highest BCUT2D eigenvalue weighted by Crippen LogP contribution is 2.25. The van der Waals surface area contributed by atoms with E-state index in [1.807, 2.05) is 6.07 Å². The standard InChI is InChI=1S/C17H19N3O4/c1-11(2)23-14(21)6-7-19-16(22)15-12(3)24-17(13(15)10-18)20-8-4-5-9-20/h4-5,8-9,11H,6-7H2,1-3H3,(H,19,22). The SMILES string of the molecule is Cc1oc(-n2cccc2)c(C#N)c1C(=O)NCCC(=O)OC(C)C. The first kappa shape index (κ1) is 17.3. The largest absolute Gasteiger partial charge is 0.463 e. The molecule has 0 radical (unpaired) electrons. The summed E-state index contributed by atoms with van der Waals surface area (Å²) >= 11 is 0. The highest BCUT2D eigenvalue weighted by Gasteiger charge is 2.24. The van der Waals surface area contributed by atoms with Crippen LogP contribution < -0.4 is 5.32 Å². The second kappa shape index (κ2) is 7.51. The predicted octanol–water partition coefficient (Wildman–Crippen LogP) is 2.32. The molecule has 7 nitrogen and oxygen atoms in total. The van der Waals surface area contributed by atoms with Crippen LogP contribution in [-0.2, 0) is 9.53 Å². The molecule has 0 fully saturated rings. The molecule has 0 aromatic carbocycles. The molecule has 126 valence electrons. The average molecular weight is 329 g/mol. The maximum atomic E-state index is 12.3. The van der Waals surface area contributed by atoms with Crippen molar-refractivity contribution in [3.63, 3.8) is 0 Å². The van der Waals surface area contributed by atoms with Crippen LogP contribution in [0.3, 0.4) is 0 Å². The minimum Gasteiger partial charge on any atom is -0.463 e. The molecule has 2 rings (SSSR count). The van der Waals surface area contributed by atoms with Crippen molar-refractivity contribution in [2.45, 2.75) is 33.3 Å². The van der Waals surface area contributed by atoms with Gasteiger partial charge in [-0.2, -0.15) is 5.26 Å². The summed E-state index contributed by atoms with van der Waals surface area (Å²) in [6, 6.07) is 5.59. The van der Waals surface area contributed by atoms with E-state index in [4.69, 9.17) is 9.15 Å². The predicted molar refractivity (Wildman–Crippen MR) is 85.7 cm³/mol. The van der Waals surface area contributed by atoms with E-state index in [0.717, 1.165) is 0 Å². The Morgan fingerprint density at radius 1 is 1.38 bits per heavy atom. The quantitative estimate of drug-likeness (QED) is 0.820. The van der Waals surface area contributed by atoms with Gasteiger partial charge in [0, 0.05) is 18.9 Å². The van der Waals surface area contributed by atoms with Crippen LogP contribution in [0.5, 0.6) is 0 Å². The van der Waals surface area contributed by atoms with Crippen molar-refractivity contribution >= 4 is 11.9 Å². The second-order valence-corrected chi connectivity index (χ2v) is 5.46. The summed E-state index contributed by atoms with van der Waals surface area (Å²) in [5.41, 5.74) is 0.337. The van der Waals surface area contributed by atoms with Gasteiger partial charge in [-0.3, -0.25) is 14.2 Å². The molecule has 0 saturated carbocycles. The van der Waals surface area contributed by atoms with Crippen LogP contribution in [0.15, 0.2) is 28.9 Å². The molecule has 0 bridgehead atoms. The van der Waals surface area contributed by atoms with Gasteiger partial charge >= 0.3 is 5.97 Å². The molecule has 0 aliphatic rings. The monoisotopic (exact) mass is 329 g/mol. The Bertz CT molecular complexity index is 767. The second-order valence-electron chi connectivity index (χ2n) is 5.46. The van der Waals surface area contributed by atoms with Crippen LogP contribution in [0.4, 0.5) is 0 Å². The first-order valence-electron chi connectivity index (χ1n) is 7.58. The maximum Gasteiger partial charge on any atom is 0.307 e. The van der Waals surface area contributed by atoms with Crippen molar-refractivity contribution in [3.05, 3.63) is 41.4 Å². The molecule has 2 aromatic heterocycles. The number of esters is 1. The fourth-order valence-electron chi connectivity index (χ4n) is 2.25. The van der Waals surface area contributed by atoms with E-state index in [0.29, 0.717) is 11.6 Å². The summed E-state index contributed by atoms with van der Waals surface area (Å²) in [5.74, 6) is -0.201. The van der Waals surface area contributed by atoms with E-state index in [-0.39, 0.29) is 36.2 Å². The molecule has 7 heteroatoms. The van der Waals surface area contributed by atoms with Crippen molar-refractivity contribution in [1.82, 2.24) is 9.88 Å². The average Bonchev–Trinajstić information content (AvgIpc) is 3.12. The van der Waals surface area contributed by atoms with Crippen LogP contribution in [0.1, 0.15) is 41.9 Å². The number of nitriles is 1. The minimum absolute atomic E-state index is 0.0627. The van der Waals surface area contributed by atoms with Crippen molar-refractivity contribution in [2.24, 2.45) is 0 Å². The van der Waals surface area contributed by atoms with Crippen LogP contribution in [-0.4, -0.2) is 29.1 Å². The van der Waals surface area contributed by atoms with Gasteiger partial charge in [-0.1, -0.05) is 0 Å². The van der Waals surface area contributed by atoms with Gasteiger partial charge in [-0.25, -0.2) is 0 Å². The van der Waals surface area contributed by atoms with Gasteiger partial charge < -0.3 is 14.5 Å². The number of ether oxygens (including phenoxy) is 1. The number of nitrogens with one attached hydrogen (secondary N) is 1. The highest BCUT2D eigenvalue weighted by atomic mass is 16.5. The lowest BCUT2D eigenvalue weighted by Gasteiger charge is -2.08. The Labute approximate surface area is 139 Å². The number of aryl methyl sites for hydroxylation is 1. The lowest BCUT2D eigenvalue weighted by Crippen LogP contribution is -2.28. The minimum atomic E-state index is -0.455. The zero-order chi connectivity index (χ0) is 17.7. The molecule has 2 aromatic rings. The molecule has 0 atom stereocenters. The van der Waals surface area contributed by atoms with E-state index in [2.05, 4.69) is 5.32 Å². The van der Waals surface area contributed by atoms with Gasteiger partial charge in [0.15, 0.2) is 0 Å². The first-order chi connectivity index (χ1) is 11.4. The Kier molecular flexibility index (Phi) is 5.42. The number of hydrogen-bond donors (Lipinski definition) is 1. The molecule has 0 aliphatic carbocycles. The van der Waals surface area contributed by atoms with E-state index < -0.39 is 5.91 Å². The van der Waals surface area contributed by atoms with Gasteiger partial charge in [-0.05, 0) is 32.9 Å². The zero-order valence-electron chi connectivity index (χ0n) is 13.8. The number of amides is 1. The topological polar surface area (TPSA) is 97.3 Å². The fourth-order valence-corrected chi connectivity index (χ4v) is 2.25. The van der Waals surface area contributed by atoms with Crippen molar-refractivity contribution in [3.8, 4) is 12.0 Å². The van der Waals surface area contributed by atoms with Gasteiger partial charge in [-0.15, -0.1) is 0 Å². The van der Waals surface area contributed by atoms with Crippen LogP contribution in [0.25, 0.3) is 5.88 Å². The molecule has 0 spiro atoms. The third-order valence-corrected chi connectivity index (χ3v) is 3.23. The Morgan fingerprint density at radius 3 is 2.62 bits per heavy atom. The van der Waals surface area contributed by atoms with E-state index in [1.165, 1.54) is 0 Å². The Hall–Kier alpha value is -3.01. The smallest absolute Gasteiger partial charge is 0.307 e. The molecule has 2 heterocycles. The lowest BCUT2D eigenvalue weighted by molar-refractivity contribution is -0.147. The van der Waals surface area contributed by atoms with Crippen molar-refractivity contribution < 1.29 is 18.7 Å². The summed E-state index contributed by atoms with van der Waals surface area (Å²) in [6.07, 6.45) is 3.32. The van der Waals surface area contributed by atoms with Gasteiger partial charge in [0.05, 0.1) is 12.5 Å². The van der Waals surface area contributed by atoms with Crippen molar-refractivity contribution in [1.29, 1.82) is 5.26 Å². The first-order valence-corrected chi connectivity index (χ1v) is 7.58. The molecule has 24 heavy (non-hydrogen) atoms. The van der Waals surface area contributed by atoms with E-state index in [9.17, 15) is 14.9 Å².